The molecular formula is C17H11N. The van der Waals surface area contributed by atoms with Gasteiger partial charge < -0.3 is 5.32 Å². The zero-order valence-corrected chi connectivity index (χ0v) is 9.77. The molecule has 3 aromatic carbocycles. The second-order valence-electron chi connectivity index (χ2n) is 5.14. The normalized spacial score (nSPS) is 22.0. The minimum absolute atomic E-state index is 0.0512. The first-order valence-electron chi connectivity index (χ1n) is 6.32. The summed E-state index contributed by atoms with van der Waals surface area (Å²) in [7, 11) is 0. The van der Waals surface area contributed by atoms with Crippen LogP contribution >= 0.6 is 0 Å². The maximum Gasteiger partial charge on any atom is 0.117 e. The minimum Gasteiger partial charge on any atom is -0.367 e. The molecule has 5 rings (SSSR count). The molecule has 0 spiro atoms. The SMILES string of the molecule is c1ccc(C23Nc4c2c3cc2ccccc42)cc1. The third kappa shape index (κ3) is 0.769. The molecule has 0 saturated heterocycles. The molecule has 0 bridgehead atoms. The lowest BCUT2D eigenvalue weighted by atomic mass is 9.95. The van der Waals surface area contributed by atoms with E-state index < -0.39 is 0 Å². The van der Waals surface area contributed by atoms with Crippen LogP contribution in [0.15, 0.2) is 60.7 Å². The van der Waals surface area contributed by atoms with Gasteiger partial charge in [0.25, 0.3) is 0 Å². The number of hydrogen-bond donors (Lipinski definition) is 1. The highest BCUT2D eigenvalue weighted by atomic mass is 15.1. The van der Waals surface area contributed by atoms with Crippen LogP contribution in [0.3, 0.4) is 0 Å². The zero-order valence-electron chi connectivity index (χ0n) is 9.77. The molecule has 3 aromatic rings. The summed E-state index contributed by atoms with van der Waals surface area (Å²) in [6, 6.07) is 21.7. The van der Waals surface area contributed by atoms with E-state index in [2.05, 4.69) is 66.0 Å². The van der Waals surface area contributed by atoms with E-state index in [1.807, 2.05) is 0 Å². The van der Waals surface area contributed by atoms with Crippen molar-refractivity contribution < 1.29 is 0 Å². The molecule has 2 aliphatic rings. The van der Waals surface area contributed by atoms with Gasteiger partial charge in [0, 0.05) is 16.6 Å². The summed E-state index contributed by atoms with van der Waals surface area (Å²) < 4.78 is 0. The van der Waals surface area contributed by atoms with E-state index >= 15 is 0 Å². The Labute approximate surface area is 105 Å². The minimum atomic E-state index is 0.0512. The first-order valence-corrected chi connectivity index (χ1v) is 6.32. The molecule has 1 heteroatoms. The Morgan fingerprint density at radius 3 is 2.50 bits per heavy atom. The van der Waals surface area contributed by atoms with E-state index in [9.17, 15) is 0 Å². The Hall–Kier alpha value is -2.28. The summed E-state index contributed by atoms with van der Waals surface area (Å²) in [6.45, 7) is 0. The summed E-state index contributed by atoms with van der Waals surface area (Å²) in [4.78, 5) is 0. The molecule has 1 heterocycles. The van der Waals surface area contributed by atoms with Crippen molar-refractivity contribution in [2.75, 3.05) is 5.32 Å². The van der Waals surface area contributed by atoms with Crippen LogP contribution in [0.4, 0.5) is 5.69 Å². The standard InChI is InChI=1S/C17H11N/c1-2-7-12(8-3-1)17-14-10-11-6-4-5-9-13(11)16(18-17)15(14)17/h1-10,18H. The van der Waals surface area contributed by atoms with Gasteiger partial charge in [-0.3, -0.25) is 0 Å². The third-order valence-electron chi connectivity index (χ3n) is 4.29. The van der Waals surface area contributed by atoms with Crippen molar-refractivity contribution in [2.45, 2.75) is 5.54 Å². The number of benzene rings is 3. The summed E-state index contributed by atoms with van der Waals surface area (Å²) in [6.07, 6.45) is 0. The lowest BCUT2D eigenvalue weighted by Crippen LogP contribution is -2.28. The highest BCUT2D eigenvalue weighted by Crippen LogP contribution is 2.67. The Bertz CT molecular complexity index is 804. The van der Waals surface area contributed by atoms with E-state index in [0.29, 0.717) is 0 Å². The molecule has 18 heavy (non-hydrogen) atoms. The Morgan fingerprint density at radius 2 is 1.61 bits per heavy atom. The molecule has 1 unspecified atom stereocenters. The maximum atomic E-state index is 3.68. The zero-order chi connectivity index (χ0) is 11.7. The van der Waals surface area contributed by atoms with Crippen LogP contribution in [-0.2, 0) is 5.54 Å². The van der Waals surface area contributed by atoms with Crippen LogP contribution in [0.2, 0.25) is 0 Å². The summed E-state index contributed by atoms with van der Waals surface area (Å²) in [5.74, 6) is 0. The first-order chi connectivity index (χ1) is 8.91. The van der Waals surface area contributed by atoms with Gasteiger partial charge in [-0.1, -0.05) is 54.6 Å². The maximum absolute atomic E-state index is 3.68. The van der Waals surface area contributed by atoms with Gasteiger partial charge in [0.15, 0.2) is 0 Å². The van der Waals surface area contributed by atoms with Crippen molar-refractivity contribution in [1.82, 2.24) is 0 Å². The summed E-state index contributed by atoms with van der Waals surface area (Å²) in [5, 5.41) is 6.37. The van der Waals surface area contributed by atoms with E-state index in [4.69, 9.17) is 0 Å². The average Bonchev–Trinajstić information content (AvgIpc) is 2.98. The second-order valence-corrected chi connectivity index (χ2v) is 5.14. The van der Waals surface area contributed by atoms with Gasteiger partial charge in [-0.25, -0.2) is 0 Å². The van der Waals surface area contributed by atoms with Crippen LogP contribution < -0.4 is 5.32 Å². The molecule has 0 saturated carbocycles. The summed E-state index contributed by atoms with van der Waals surface area (Å²) in [5.41, 5.74) is 5.72. The molecule has 1 N–H and O–H groups in total. The highest BCUT2D eigenvalue weighted by molar-refractivity contribution is 6.08. The number of nitrogens with one attached hydrogen (secondary N) is 1. The number of anilines is 1. The van der Waals surface area contributed by atoms with Gasteiger partial charge in [0.1, 0.15) is 5.54 Å². The van der Waals surface area contributed by atoms with Gasteiger partial charge in [-0.15, -0.1) is 0 Å². The van der Waals surface area contributed by atoms with Crippen LogP contribution in [0, 0.1) is 0 Å². The predicted molar refractivity (Wildman–Crippen MR) is 73.9 cm³/mol. The van der Waals surface area contributed by atoms with E-state index in [0.717, 1.165) is 0 Å². The monoisotopic (exact) mass is 229 g/mol. The first kappa shape index (κ1) is 8.76. The van der Waals surface area contributed by atoms with Crippen molar-refractivity contribution in [3.05, 3.63) is 77.4 Å². The van der Waals surface area contributed by atoms with Crippen molar-refractivity contribution in [3.63, 3.8) is 0 Å². The molecular weight excluding hydrogens is 218 g/mol. The van der Waals surface area contributed by atoms with Gasteiger partial charge in [0.05, 0.1) is 0 Å². The topological polar surface area (TPSA) is 12.0 Å². The molecule has 1 nitrogen and oxygen atoms in total. The van der Waals surface area contributed by atoms with Crippen LogP contribution in [0.5, 0.6) is 0 Å². The van der Waals surface area contributed by atoms with Crippen LogP contribution in [-0.4, -0.2) is 0 Å². The third-order valence-corrected chi connectivity index (χ3v) is 4.29. The van der Waals surface area contributed by atoms with E-state index in [-0.39, 0.29) is 5.54 Å². The van der Waals surface area contributed by atoms with Crippen molar-refractivity contribution in [1.29, 1.82) is 0 Å². The van der Waals surface area contributed by atoms with Crippen molar-refractivity contribution in [3.8, 4) is 0 Å². The second kappa shape index (κ2) is 2.59. The number of hydrogen-bond acceptors (Lipinski definition) is 1. The average molecular weight is 229 g/mol. The lowest BCUT2D eigenvalue weighted by molar-refractivity contribution is 0.831. The predicted octanol–water partition coefficient (Wildman–Crippen LogP) is 3.87. The van der Waals surface area contributed by atoms with Crippen LogP contribution in [0.1, 0.15) is 16.7 Å². The molecule has 0 amide bonds. The van der Waals surface area contributed by atoms with Gasteiger partial charge in [-0.2, -0.15) is 0 Å². The molecule has 1 aliphatic carbocycles. The fraction of sp³-hybridized carbons (Fsp3) is 0.0588. The Balaban J connectivity index is 1.81. The molecule has 1 aliphatic heterocycles. The van der Waals surface area contributed by atoms with E-state index in [1.165, 1.54) is 33.2 Å². The van der Waals surface area contributed by atoms with Gasteiger partial charge >= 0.3 is 0 Å². The van der Waals surface area contributed by atoms with Crippen molar-refractivity contribution >= 4 is 16.5 Å². The smallest absolute Gasteiger partial charge is 0.117 e. The quantitative estimate of drug-likeness (QED) is 0.668. The van der Waals surface area contributed by atoms with E-state index in [1.54, 1.807) is 0 Å². The summed E-state index contributed by atoms with van der Waals surface area (Å²) >= 11 is 0. The fourth-order valence-corrected chi connectivity index (χ4v) is 3.39. The van der Waals surface area contributed by atoms with Crippen molar-refractivity contribution in [2.24, 2.45) is 0 Å². The Kier molecular flexibility index (Phi) is 1.26. The largest absolute Gasteiger partial charge is 0.367 e. The number of rotatable bonds is 1. The molecule has 0 radical (unpaired) electrons. The molecule has 84 valence electrons. The fourth-order valence-electron chi connectivity index (χ4n) is 3.39. The highest BCUT2D eigenvalue weighted by Gasteiger charge is 2.61. The molecule has 0 aromatic heterocycles. The lowest BCUT2D eigenvalue weighted by Gasteiger charge is -2.28. The molecule has 1 atom stereocenters. The number of fused-ring (bicyclic) bond motifs is 3. The van der Waals surface area contributed by atoms with Crippen LogP contribution in [0.25, 0.3) is 10.8 Å². The Morgan fingerprint density at radius 1 is 0.833 bits per heavy atom. The molecule has 0 fully saturated rings. The van der Waals surface area contributed by atoms with Gasteiger partial charge in [-0.05, 0) is 22.6 Å². The van der Waals surface area contributed by atoms with Gasteiger partial charge in [0.2, 0.25) is 0 Å².